The highest BCUT2D eigenvalue weighted by Crippen LogP contribution is 2.21. The first kappa shape index (κ1) is 16.7. The van der Waals surface area contributed by atoms with Crippen LogP contribution in [0.1, 0.15) is 16.8 Å². The van der Waals surface area contributed by atoms with Crippen molar-refractivity contribution in [3.05, 3.63) is 42.5 Å². The Labute approximate surface area is 151 Å². The van der Waals surface area contributed by atoms with Crippen molar-refractivity contribution in [2.24, 2.45) is 0 Å². The molecule has 4 heterocycles. The van der Waals surface area contributed by atoms with Crippen molar-refractivity contribution in [2.45, 2.75) is 12.5 Å². The van der Waals surface area contributed by atoms with Crippen LogP contribution in [0.5, 0.6) is 5.88 Å². The topological polar surface area (TPSA) is 80.7 Å². The third-order valence-electron chi connectivity index (χ3n) is 4.59. The zero-order valence-corrected chi connectivity index (χ0v) is 14.5. The monoisotopic (exact) mass is 355 g/mol. The summed E-state index contributed by atoms with van der Waals surface area (Å²) in [5.41, 5.74) is 0.602. The summed E-state index contributed by atoms with van der Waals surface area (Å²) >= 11 is 0. The van der Waals surface area contributed by atoms with Crippen LogP contribution in [-0.2, 0) is 4.74 Å². The molecule has 0 radical (unpaired) electrons. The zero-order valence-electron chi connectivity index (χ0n) is 14.5. The van der Waals surface area contributed by atoms with E-state index in [2.05, 4.69) is 19.9 Å². The molecule has 0 saturated carbocycles. The van der Waals surface area contributed by atoms with Gasteiger partial charge in [0.25, 0.3) is 5.91 Å². The Morgan fingerprint density at radius 1 is 1.23 bits per heavy atom. The predicted molar refractivity (Wildman–Crippen MR) is 94.2 cm³/mol. The summed E-state index contributed by atoms with van der Waals surface area (Å²) in [7, 11) is 0. The molecule has 8 heteroatoms. The lowest BCUT2D eigenvalue weighted by atomic mass is 10.2. The van der Waals surface area contributed by atoms with Crippen molar-refractivity contribution in [3.63, 3.8) is 0 Å². The van der Waals surface area contributed by atoms with Gasteiger partial charge in [-0.05, 0) is 12.1 Å². The number of carbonyl (C=O) groups is 1. The van der Waals surface area contributed by atoms with Gasteiger partial charge >= 0.3 is 0 Å². The summed E-state index contributed by atoms with van der Waals surface area (Å²) in [6, 6.07) is 5.41. The maximum atomic E-state index is 12.5. The lowest BCUT2D eigenvalue weighted by Gasteiger charge is -2.27. The van der Waals surface area contributed by atoms with Gasteiger partial charge in [-0.3, -0.25) is 9.78 Å². The lowest BCUT2D eigenvalue weighted by Crippen LogP contribution is -2.36. The van der Waals surface area contributed by atoms with E-state index in [9.17, 15) is 4.79 Å². The maximum Gasteiger partial charge on any atom is 0.255 e. The number of morpholine rings is 1. The molecule has 0 aromatic carbocycles. The van der Waals surface area contributed by atoms with Crippen molar-refractivity contribution < 1.29 is 14.3 Å². The molecule has 2 saturated heterocycles. The first-order valence-electron chi connectivity index (χ1n) is 8.80. The molecule has 2 aromatic rings. The molecular weight excluding hydrogens is 334 g/mol. The predicted octanol–water partition coefficient (Wildman–Crippen LogP) is 1.00. The van der Waals surface area contributed by atoms with Gasteiger partial charge in [-0.25, -0.2) is 9.97 Å². The second kappa shape index (κ2) is 7.65. The Hall–Kier alpha value is -2.74. The van der Waals surface area contributed by atoms with Gasteiger partial charge in [-0.15, -0.1) is 0 Å². The number of nitrogens with zero attached hydrogens (tertiary/aromatic N) is 5. The van der Waals surface area contributed by atoms with Gasteiger partial charge in [0, 0.05) is 44.5 Å². The molecule has 0 aliphatic carbocycles. The normalized spacial score (nSPS) is 20.2. The van der Waals surface area contributed by atoms with Gasteiger partial charge in [0.05, 0.1) is 25.3 Å². The molecule has 0 spiro atoms. The van der Waals surface area contributed by atoms with Crippen molar-refractivity contribution >= 4 is 11.7 Å². The van der Waals surface area contributed by atoms with E-state index < -0.39 is 0 Å². The van der Waals surface area contributed by atoms with Crippen LogP contribution in [-0.4, -0.2) is 71.3 Å². The molecule has 1 unspecified atom stereocenters. The van der Waals surface area contributed by atoms with Gasteiger partial charge < -0.3 is 19.3 Å². The summed E-state index contributed by atoms with van der Waals surface area (Å²) in [6.45, 7) is 4.24. The largest absolute Gasteiger partial charge is 0.472 e. The van der Waals surface area contributed by atoms with E-state index in [4.69, 9.17) is 9.47 Å². The van der Waals surface area contributed by atoms with Crippen LogP contribution in [0.3, 0.4) is 0 Å². The van der Waals surface area contributed by atoms with Crippen LogP contribution >= 0.6 is 0 Å². The molecule has 2 aromatic heterocycles. The van der Waals surface area contributed by atoms with Crippen LogP contribution in [0.15, 0.2) is 36.9 Å². The number of hydrogen-bond acceptors (Lipinski definition) is 7. The molecule has 26 heavy (non-hydrogen) atoms. The minimum Gasteiger partial charge on any atom is -0.472 e. The fourth-order valence-electron chi connectivity index (χ4n) is 3.21. The Morgan fingerprint density at radius 2 is 2.12 bits per heavy atom. The first-order chi connectivity index (χ1) is 12.8. The standard InChI is InChI=1S/C18H21N5O3/c24-18(14-2-1-4-19-11-14)23-5-3-15(12-23)26-17-10-16(20-13-21-17)22-6-8-25-9-7-22/h1-2,4,10-11,13,15H,3,5-9,12H2. The summed E-state index contributed by atoms with van der Waals surface area (Å²) in [5.74, 6) is 1.38. The Balaban J connectivity index is 1.37. The third-order valence-corrected chi connectivity index (χ3v) is 4.59. The molecule has 2 aliphatic heterocycles. The fraction of sp³-hybridized carbons (Fsp3) is 0.444. The molecule has 0 N–H and O–H groups in total. The van der Waals surface area contributed by atoms with Crippen molar-refractivity contribution in [1.82, 2.24) is 19.9 Å². The highest BCUT2D eigenvalue weighted by molar-refractivity contribution is 5.94. The minimum atomic E-state index is -0.0666. The molecule has 2 aliphatic rings. The molecule has 0 bridgehead atoms. The average molecular weight is 355 g/mol. The smallest absolute Gasteiger partial charge is 0.255 e. The van der Waals surface area contributed by atoms with Gasteiger partial charge in [0.15, 0.2) is 0 Å². The van der Waals surface area contributed by atoms with Crippen molar-refractivity contribution in [1.29, 1.82) is 0 Å². The maximum absolute atomic E-state index is 12.5. The van der Waals surface area contributed by atoms with Gasteiger partial charge in [0.1, 0.15) is 18.2 Å². The number of pyridine rings is 1. The van der Waals surface area contributed by atoms with E-state index in [-0.39, 0.29) is 12.0 Å². The molecule has 2 fully saturated rings. The molecular formula is C18H21N5O3. The van der Waals surface area contributed by atoms with Gasteiger partial charge in [-0.2, -0.15) is 0 Å². The Bertz CT molecular complexity index is 752. The van der Waals surface area contributed by atoms with Crippen LogP contribution in [0, 0.1) is 0 Å². The van der Waals surface area contributed by atoms with E-state index in [1.165, 1.54) is 6.33 Å². The van der Waals surface area contributed by atoms with E-state index in [0.717, 1.165) is 25.3 Å². The zero-order chi connectivity index (χ0) is 17.8. The SMILES string of the molecule is O=C(c1cccnc1)N1CCC(Oc2cc(N3CCOCC3)ncn2)C1. The van der Waals surface area contributed by atoms with Crippen molar-refractivity contribution in [3.8, 4) is 5.88 Å². The number of anilines is 1. The fourth-order valence-corrected chi connectivity index (χ4v) is 3.21. The molecule has 8 nitrogen and oxygen atoms in total. The molecule has 1 amide bonds. The number of hydrogen-bond donors (Lipinski definition) is 0. The quantitative estimate of drug-likeness (QED) is 0.809. The van der Waals surface area contributed by atoms with Gasteiger partial charge in [-0.1, -0.05) is 0 Å². The molecule has 136 valence electrons. The summed E-state index contributed by atoms with van der Waals surface area (Å²) in [6.07, 6.45) is 5.49. The second-order valence-corrected chi connectivity index (χ2v) is 6.34. The highest BCUT2D eigenvalue weighted by Gasteiger charge is 2.28. The number of likely N-dealkylation sites (tertiary alicyclic amines) is 1. The molecule has 1 atom stereocenters. The highest BCUT2D eigenvalue weighted by atomic mass is 16.5. The van der Waals surface area contributed by atoms with Crippen molar-refractivity contribution in [2.75, 3.05) is 44.3 Å². The summed E-state index contributed by atoms with van der Waals surface area (Å²) < 4.78 is 11.4. The average Bonchev–Trinajstić information content (AvgIpc) is 3.17. The lowest BCUT2D eigenvalue weighted by molar-refractivity contribution is 0.0770. The van der Waals surface area contributed by atoms with Crippen LogP contribution in [0.25, 0.3) is 0 Å². The van der Waals surface area contributed by atoms with Crippen LogP contribution in [0.2, 0.25) is 0 Å². The van der Waals surface area contributed by atoms with E-state index in [1.54, 1.807) is 29.4 Å². The van der Waals surface area contributed by atoms with Gasteiger partial charge in [0.2, 0.25) is 5.88 Å². The number of rotatable bonds is 4. The van der Waals surface area contributed by atoms with E-state index in [0.29, 0.717) is 37.7 Å². The van der Waals surface area contributed by atoms with E-state index >= 15 is 0 Å². The number of ether oxygens (including phenoxy) is 2. The van der Waals surface area contributed by atoms with E-state index in [1.807, 2.05) is 6.07 Å². The van der Waals surface area contributed by atoms with Crippen LogP contribution in [0.4, 0.5) is 5.82 Å². The summed E-state index contributed by atoms with van der Waals surface area (Å²) in [4.78, 5) is 29.0. The minimum absolute atomic E-state index is 0.0131. The first-order valence-corrected chi connectivity index (χ1v) is 8.80. The third kappa shape index (κ3) is 3.75. The number of carbonyl (C=O) groups excluding carboxylic acids is 1. The molecule has 4 rings (SSSR count). The number of aromatic nitrogens is 3. The summed E-state index contributed by atoms with van der Waals surface area (Å²) in [5, 5.41) is 0. The Morgan fingerprint density at radius 3 is 2.92 bits per heavy atom. The second-order valence-electron chi connectivity index (χ2n) is 6.34. The van der Waals surface area contributed by atoms with Crippen LogP contribution < -0.4 is 9.64 Å². The number of amides is 1. The Kier molecular flexibility index (Phi) is 4.92.